The van der Waals surface area contributed by atoms with Crippen LogP contribution in [0.1, 0.15) is 20.3 Å². The number of aliphatic hydroxyl groups excluding tert-OH is 1. The van der Waals surface area contributed by atoms with Crippen molar-refractivity contribution in [3.63, 3.8) is 0 Å². The maximum atomic E-state index is 9.00. The van der Waals surface area contributed by atoms with Crippen molar-refractivity contribution in [2.45, 2.75) is 26.3 Å². The third-order valence-corrected chi connectivity index (χ3v) is 0.759. The van der Waals surface area contributed by atoms with Crippen LogP contribution in [-0.2, 0) is 4.79 Å². The van der Waals surface area contributed by atoms with Crippen molar-refractivity contribution in [3.05, 3.63) is 0 Å². The first-order valence-electron chi connectivity index (χ1n) is 3.10. The van der Waals surface area contributed by atoms with Crippen molar-refractivity contribution in [3.8, 4) is 0 Å². The van der Waals surface area contributed by atoms with Crippen LogP contribution in [0.5, 0.6) is 0 Å². The molecule has 1 unspecified atom stereocenters. The number of aliphatic carboxylic acids is 1. The van der Waals surface area contributed by atoms with Gasteiger partial charge >= 0.3 is 0 Å². The van der Waals surface area contributed by atoms with Crippen molar-refractivity contribution in [2.75, 3.05) is 6.61 Å². The van der Waals surface area contributed by atoms with E-state index >= 15 is 0 Å². The molecule has 0 saturated carbocycles. The fourth-order valence-electron chi connectivity index (χ4n) is 0.129. The zero-order chi connectivity index (χ0) is 8.57. The van der Waals surface area contributed by atoms with Crippen LogP contribution in [0.3, 0.4) is 0 Å². The number of hydrogen-bond acceptors (Lipinski definition) is 3. The molecule has 0 rings (SSSR count). The lowest BCUT2D eigenvalue weighted by Crippen LogP contribution is -2.22. The van der Waals surface area contributed by atoms with Crippen LogP contribution < -0.4 is 5.73 Å². The average Bonchev–Trinajstić information content (AvgIpc) is 1.85. The van der Waals surface area contributed by atoms with Gasteiger partial charge in [0.25, 0.3) is 5.97 Å². The van der Waals surface area contributed by atoms with E-state index in [0.29, 0.717) is 0 Å². The first-order valence-corrected chi connectivity index (χ1v) is 3.10. The topological polar surface area (TPSA) is 83.5 Å². The summed E-state index contributed by atoms with van der Waals surface area (Å²) in [5.41, 5.74) is 5.22. The summed E-state index contributed by atoms with van der Waals surface area (Å²) in [5, 5.41) is 15.6. The van der Waals surface area contributed by atoms with Crippen LogP contribution in [0.2, 0.25) is 0 Å². The molecule has 0 amide bonds. The van der Waals surface area contributed by atoms with E-state index in [9.17, 15) is 0 Å². The molecule has 0 bridgehead atoms. The third kappa shape index (κ3) is 26.3. The van der Waals surface area contributed by atoms with Crippen LogP contribution in [0.25, 0.3) is 0 Å². The van der Waals surface area contributed by atoms with Gasteiger partial charge in [0, 0.05) is 13.0 Å². The Morgan fingerprint density at radius 1 is 1.70 bits per heavy atom. The molecule has 0 aliphatic carbocycles. The van der Waals surface area contributed by atoms with E-state index < -0.39 is 5.97 Å². The number of nitrogens with two attached hydrogens (primary N) is 1. The molecule has 10 heavy (non-hydrogen) atoms. The Bertz CT molecular complexity index is 77.1. The van der Waals surface area contributed by atoms with Crippen molar-refractivity contribution < 1.29 is 15.0 Å². The Morgan fingerprint density at radius 2 is 2.00 bits per heavy atom. The van der Waals surface area contributed by atoms with Crippen LogP contribution >= 0.6 is 0 Å². The SMILES string of the molecule is CC(=O)O.CCC(N)CO. The zero-order valence-corrected chi connectivity index (χ0v) is 6.37. The van der Waals surface area contributed by atoms with Crippen LogP contribution in [0.15, 0.2) is 0 Å². The maximum absolute atomic E-state index is 9.00. The second-order valence-electron chi connectivity index (χ2n) is 1.87. The minimum atomic E-state index is -0.833. The predicted octanol–water partition coefficient (Wildman–Crippen LogP) is -0.193. The van der Waals surface area contributed by atoms with Crippen molar-refractivity contribution in [1.82, 2.24) is 0 Å². The van der Waals surface area contributed by atoms with Gasteiger partial charge in [-0.2, -0.15) is 0 Å². The molecule has 0 spiro atoms. The minimum absolute atomic E-state index is 0.00926. The van der Waals surface area contributed by atoms with Crippen molar-refractivity contribution >= 4 is 5.97 Å². The summed E-state index contributed by atoms with van der Waals surface area (Å²) in [4.78, 5) is 9.00. The Hall–Kier alpha value is -0.610. The van der Waals surface area contributed by atoms with Gasteiger partial charge in [0.15, 0.2) is 0 Å². The Kier molecular flexibility index (Phi) is 10.2. The molecule has 0 radical (unpaired) electrons. The van der Waals surface area contributed by atoms with Gasteiger partial charge in [-0.25, -0.2) is 0 Å². The molecule has 0 aliphatic heterocycles. The fourth-order valence-corrected chi connectivity index (χ4v) is 0.129. The second kappa shape index (κ2) is 8.39. The van der Waals surface area contributed by atoms with E-state index in [4.69, 9.17) is 20.7 Å². The molecule has 4 heteroatoms. The predicted molar refractivity (Wildman–Crippen MR) is 38.7 cm³/mol. The zero-order valence-electron chi connectivity index (χ0n) is 6.37. The smallest absolute Gasteiger partial charge is 0.300 e. The average molecular weight is 149 g/mol. The summed E-state index contributed by atoms with van der Waals surface area (Å²) in [6, 6.07) is -0.00926. The molecule has 62 valence electrons. The lowest BCUT2D eigenvalue weighted by molar-refractivity contribution is -0.134. The number of carboxylic acid groups (broad SMARTS) is 1. The molecule has 4 N–H and O–H groups in total. The Morgan fingerprint density at radius 3 is 2.00 bits per heavy atom. The first kappa shape index (κ1) is 12.1. The van der Waals surface area contributed by atoms with E-state index in [1.54, 1.807) is 0 Å². The lowest BCUT2D eigenvalue weighted by Gasteiger charge is -1.98. The van der Waals surface area contributed by atoms with E-state index in [1.807, 2.05) is 6.92 Å². The highest BCUT2D eigenvalue weighted by Gasteiger charge is 1.90. The molecule has 0 aromatic rings. The Balaban J connectivity index is 0. The molecule has 0 fully saturated rings. The lowest BCUT2D eigenvalue weighted by atomic mass is 10.3. The normalized spacial score (nSPS) is 11.2. The molecule has 0 saturated heterocycles. The van der Waals surface area contributed by atoms with Gasteiger partial charge in [-0.1, -0.05) is 6.92 Å². The van der Waals surface area contributed by atoms with Gasteiger partial charge < -0.3 is 15.9 Å². The number of aliphatic hydroxyl groups is 1. The largest absolute Gasteiger partial charge is 0.481 e. The van der Waals surface area contributed by atoms with Gasteiger partial charge in [0.05, 0.1) is 6.61 Å². The van der Waals surface area contributed by atoms with E-state index in [2.05, 4.69) is 0 Å². The van der Waals surface area contributed by atoms with Crippen LogP contribution in [0.4, 0.5) is 0 Å². The molecule has 0 aliphatic rings. The summed E-state index contributed by atoms with van der Waals surface area (Å²) in [6.45, 7) is 3.14. The fraction of sp³-hybridized carbons (Fsp3) is 0.833. The van der Waals surface area contributed by atoms with Gasteiger partial charge in [-0.15, -0.1) is 0 Å². The number of carboxylic acids is 1. The molecule has 0 aromatic carbocycles. The van der Waals surface area contributed by atoms with Gasteiger partial charge in [0.2, 0.25) is 0 Å². The highest BCUT2D eigenvalue weighted by atomic mass is 16.4. The maximum Gasteiger partial charge on any atom is 0.300 e. The van der Waals surface area contributed by atoms with Gasteiger partial charge in [0.1, 0.15) is 0 Å². The Labute approximate surface area is 60.7 Å². The molecule has 4 nitrogen and oxygen atoms in total. The summed E-state index contributed by atoms with van der Waals surface area (Å²) in [6.07, 6.45) is 0.858. The second-order valence-corrected chi connectivity index (χ2v) is 1.87. The molecule has 0 aromatic heterocycles. The highest BCUT2D eigenvalue weighted by Crippen LogP contribution is 1.79. The van der Waals surface area contributed by atoms with Gasteiger partial charge in [-0.05, 0) is 6.42 Å². The monoisotopic (exact) mass is 149 g/mol. The molecule has 0 heterocycles. The molecular formula is C6H15NO3. The third-order valence-electron chi connectivity index (χ3n) is 0.759. The minimum Gasteiger partial charge on any atom is -0.481 e. The van der Waals surface area contributed by atoms with Crippen molar-refractivity contribution in [1.29, 1.82) is 0 Å². The quantitative estimate of drug-likeness (QED) is 0.508. The summed E-state index contributed by atoms with van der Waals surface area (Å²) in [7, 11) is 0. The highest BCUT2D eigenvalue weighted by molar-refractivity contribution is 5.62. The summed E-state index contributed by atoms with van der Waals surface area (Å²) >= 11 is 0. The first-order chi connectivity index (χ1) is 4.54. The standard InChI is InChI=1S/C4H11NO.C2H4O2/c1-2-4(5)3-6;1-2(3)4/h4,6H,2-3,5H2,1H3;1H3,(H,3,4). The van der Waals surface area contributed by atoms with Crippen LogP contribution in [0, 0.1) is 0 Å². The van der Waals surface area contributed by atoms with E-state index in [0.717, 1.165) is 13.3 Å². The van der Waals surface area contributed by atoms with Gasteiger partial charge in [-0.3, -0.25) is 4.79 Å². The van der Waals surface area contributed by atoms with Crippen molar-refractivity contribution in [2.24, 2.45) is 5.73 Å². The number of rotatable bonds is 2. The van der Waals surface area contributed by atoms with E-state index in [-0.39, 0.29) is 12.6 Å². The number of hydrogen-bond donors (Lipinski definition) is 3. The van der Waals surface area contributed by atoms with Crippen LogP contribution in [-0.4, -0.2) is 28.8 Å². The summed E-state index contributed by atoms with van der Waals surface area (Å²) < 4.78 is 0. The summed E-state index contributed by atoms with van der Waals surface area (Å²) in [5.74, 6) is -0.833. The van der Waals surface area contributed by atoms with E-state index in [1.165, 1.54) is 0 Å². The number of carbonyl (C=O) groups is 1. The molecular weight excluding hydrogens is 134 g/mol. The molecule has 1 atom stereocenters.